The molecule has 4 rings (SSSR count). The zero-order chi connectivity index (χ0) is 22.0. The van der Waals surface area contributed by atoms with Gasteiger partial charge in [0, 0.05) is 22.7 Å². The van der Waals surface area contributed by atoms with Crippen molar-refractivity contribution in [2.75, 3.05) is 12.4 Å². The molecule has 0 saturated carbocycles. The molecule has 0 saturated heterocycles. The summed E-state index contributed by atoms with van der Waals surface area (Å²) in [6.45, 7) is 1.75. The van der Waals surface area contributed by atoms with Crippen molar-refractivity contribution in [3.63, 3.8) is 0 Å². The van der Waals surface area contributed by atoms with E-state index in [1.54, 1.807) is 62.6 Å². The van der Waals surface area contributed by atoms with E-state index in [0.717, 1.165) is 4.57 Å². The number of nitrogens with zero attached hydrogens (tertiary/aromatic N) is 2. The molecule has 0 atom stereocenters. The highest BCUT2D eigenvalue weighted by atomic mass is 35.5. The van der Waals surface area contributed by atoms with Crippen molar-refractivity contribution < 1.29 is 18.8 Å². The molecule has 0 unspecified atom stereocenters. The second-order valence-corrected chi connectivity index (χ2v) is 7.13. The monoisotopic (exact) mass is 439 g/mol. The van der Waals surface area contributed by atoms with Crippen LogP contribution in [0.4, 0.5) is 5.69 Å². The van der Waals surface area contributed by atoms with Gasteiger partial charge in [-0.2, -0.15) is 0 Å². The maximum atomic E-state index is 12.6. The molecule has 0 aliphatic heterocycles. The summed E-state index contributed by atoms with van der Waals surface area (Å²) < 4.78 is 17.3. The summed E-state index contributed by atoms with van der Waals surface area (Å²) in [5.41, 5.74) is 1.31. The number of fused-ring (bicyclic) bond motifs is 1. The van der Waals surface area contributed by atoms with Gasteiger partial charge in [0.15, 0.2) is 5.65 Å². The zero-order valence-corrected chi connectivity index (χ0v) is 17.5. The molecule has 0 fully saturated rings. The molecule has 8 nitrogen and oxygen atoms in total. The molecule has 2 aromatic carbocycles. The van der Waals surface area contributed by atoms with Gasteiger partial charge in [0.1, 0.15) is 23.9 Å². The highest BCUT2D eigenvalue weighted by Gasteiger charge is 2.13. The van der Waals surface area contributed by atoms with E-state index in [-0.39, 0.29) is 18.1 Å². The first-order valence-corrected chi connectivity index (χ1v) is 9.68. The predicted octanol–water partition coefficient (Wildman–Crippen LogP) is 4.09. The van der Waals surface area contributed by atoms with Crippen LogP contribution in [0.3, 0.4) is 0 Å². The van der Waals surface area contributed by atoms with Crippen LogP contribution in [-0.4, -0.2) is 22.6 Å². The molecule has 2 heterocycles. The van der Waals surface area contributed by atoms with Crippen LogP contribution in [0, 0.1) is 6.92 Å². The lowest BCUT2D eigenvalue weighted by molar-refractivity contribution is 0.102. The molecule has 0 radical (unpaired) electrons. The number of aromatic nitrogens is 2. The van der Waals surface area contributed by atoms with Crippen LogP contribution < -0.4 is 20.3 Å². The number of hydrogen-bond acceptors (Lipinski definition) is 6. The van der Waals surface area contributed by atoms with Crippen molar-refractivity contribution in [2.24, 2.45) is 0 Å². The largest absolute Gasteiger partial charge is 0.497 e. The molecular formula is C22H18ClN3O5. The number of halogens is 1. The van der Waals surface area contributed by atoms with Crippen LogP contribution in [0.2, 0.25) is 5.02 Å². The number of rotatable bonds is 6. The number of amides is 1. The van der Waals surface area contributed by atoms with Gasteiger partial charge in [0.25, 0.3) is 11.5 Å². The fourth-order valence-corrected chi connectivity index (χ4v) is 3.13. The molecule has 0 spiro atoms. The van der Waals surface area contributed by atoms with Gasteiger partial charge in [0.2, 0.25) is 0 Å². The third-order valence-corrected chi connectivity index (χ3v) is 4.68. The first kappa shape index (κ1) is 20.5. The molecule has 4 aromatic rings. The van der Waals surface area contributed by atoms with Gasteiger partial charge in [-0.05, 0) is 49.4 Å². The zero-order valence-electron chi connectivity index (χ0n) is 16.7. The van der Waals surface area contributed by atoms with E-state index >= 15 is 0 Å². The standard InChI is InChI=1S/C22H18ClN3O5/c1-13-9-20-24-16(11-21(27)26(20)31-13)12-30-19-8-5-15(23)10-18(19)25-22(28)14-3-6-17(29-2)7-4-14/h3-11H,12H2,1-2H3,(H,25,28). The quantitative estimate of drug-likeness (QED) is 0.486. The van der Waals surface area contributed by atoms with Crippen LogP contribution in [0.25, 0.3) is 5.65 Å². The minimum Gasteiger partial charge on any atom is -0.497 e. The SMILES string of the molecule is COc1ccc(C(=O)Nc2cc(Cl)ccc2OCc2cc(=O)n3oc(C)cc3n2)cc1. The van der Waals surface area contributed by atoms with Gasteiger partial charge >= 0.3 is 0 Å². The lowest BCUT2D eigenvalue weighted by Crippen LogP contribution is -2.15. The number of methoxy groups -OCH3 is 1. The van der Waals surface area contributed by atoms with Gasteiger partial charge in [-0.15, -0.1) is 4.57 Å². The Morgan fingerprint density at radius 3 is 2.68 bits per heavy atom. The van der Waals surface area contributed by atoms with Gasteiger partial charge in [0.05, 0.1) is 18.5 Å². The Kier molecular flexibility index (Phi) is 5.64. The predicted molar refractivity (Wildman–Crippen MR) is 115 cm³/mol. The number of anilines is 1. The van der Waals surface area contributed by atoms with Gasteiger partial charge < -0.3 is 19.3 Å². The average Bonchev–Trinajstić information content (AvgIpc) is 3.14. The number of carbonyl (C=O) groups is 1. The second-order valence-electron chi connectivity index (χ2n) is 6.70. The van der Waals surface area contributed by atoms with Crippen molar-refractivity contribution in [1.29, 1.82) is 0 Å². The Bertz CT molecular complexity index is 1310. The molecule has 0 bridgehead atoms. The summed E-state index contributed by atoms with van der Waals surface area (Å²) >= 11 is 6.10. The summed E-state index contributed by atoms with van der Waals surface area (Å²) in [5, 5.41) is 3.23. The fraction of sp³-hybridized carbons (Fsp3) is 0.136. The van der Waals surface area contributed by atoms with E-state index in [2.05, 4.69) is 10.3 Å². The van der Waals surface area contributed by atoms with Crippen LogP contribution in [0.1, 0.15) is 21.8 Å². The number of carbonyl (C=O) groups excluding carboxylic acids is 1. The van der Waals surface area contributed by atoms with Crippen molar-refractivity contribution in [3.05, 3.63) is 87.0 Å². The normalized spacial score (nSPS) is 10.8. The van der Waals surface area contributed by atoms with E-state index in [0.29, 0.717) is 44.9 Å². The van der Waals surface area contributed by atoms with Crippen molar-refractivity contribution >= 4 is 28.8 Å². The van der Waals surface area contributed by atoms with Crippen LogP contribution in [0.5, 0.6) is 11.5 Å². The lowest BCUT2D eigenvalue weighted by atomic mass is 10.2. The summed E-state index contributed by atoms with van der Waals surface area (Å²) in [4.78, 5) is 29.2. The Labute approximate surface area is 182 Å². The van der Waals surface area contributed by atoms with E-state index < -0.39 is 0 Å². The van der Waals surface area contributed by atoms with E-state index in [4.69, 9.17) is 25.6 Å². The Balaban J connectivity index is 1.54. The molecule has 31 heavy (non-hydrogen) atoms. The minimum absolute atomic E-state index is 0.0169. The van der Waals surface area contributed by atoms with E-state index in [1.807, 2.05) is 0 Å². The Morgan fingerprint density at radius 2 is 1.94 bits per heavy atom. The van der Waals surface area contributed by atoms with Gasteiger partial charge in [-0.1, -0.05) is 11.6 Å². The number of aryl methyl sites for hydroxylation is 1. The number of benzene rings is 2. The summed E-state index contributed by atoms with van der Waals surface area (Å²) in [6.07, 6.45) is 0. The maximum Gasteiger partial charge on any atom is 0.287 e. The molecule has 1 amide bonds. The molecule has 1 N–H and O–H groups in total. The maximum absolute atomic E-state index is 12.6. The van der Waals surface area contributed by atoms with Crippen LogP contribution in [0.15, 0.2) is 63.9 Å². The Hall–Kier alpha value is -3.78. The topological polar surface area (TPSA) is 95.1 Å². The van der Waals surface area contributed by atoms with Crippen LogP contribution in [-0.2, 0) is 6.61 Å². The highest BCUT2D eigenvalue weighted by Crippen LogP contribution is 2.29. The first-order chi connectivity index (χ1) is 14.9. The Morgan fingerprint density at radius 1 is 1.16 bits per heavy atom. The van der Waals surface area contributed by atoms with Crippen molar-refractivity contribution in [3.8, 4) is 11.5 Å². The van der Waals surface area contributed by atoms with Crippen molar-refractivity contribution in [2.45, 2.75) is 13.5 Å². The average molecular weight is 440 g/mol. The highest BCUT2D eigenvalue weighted by molar-refractivity contribution is 6.31. The van der Waals surface area contributed by atoms with Crippen LogP contribution >= 0.6 is 11.6 Å². The molecule has 158 valence electrons. The molecule has 9 heteroatoms. The molecule has 0 aliphatic rings. The summed E-state index contributed by atoms with van der Waals surface area (Å²) in [5.74, 6) is 1.28. The molecular weight excluding hydrogens is 422 g/mol. The fourth-order valence-electron chi connectivity index (χ4n) is 2.96. The first-order valence-electron chi connectivity index (χ1n) is 9.30. The third-order valence-electron chi connectivity index (χ3n) is 4.44. The van der Waals surface area contributed by atoms with Crippen molar-refractivity contribution in [1.82, 2.24) is 9.56 Å². The summed E-state index contributed by atoms with van der Waals surface area (Å²) in [7, 11) is 1.56. The van der Waals surface area contributed by atoms with E-state index in [1.165, 1.54) is 6.07 Å². The second kappa shape index (κ2) is 8.53. The smallest absolute Gasteiger partial charge is 0.287 e. The molecule has 0 aliphatic carbocycles. The summed E-state index contributed by atoms with van der Waals surface area (Å²) in [6, 6.07) is 14.6. The number of nitrogens with one attached hydrogen (secondary N) is 1. The number of hydrogen-bond donors (Lipinski definition) is 1. The molecule has 2 aromatic heterocycles. The lowest BCUT2D eigenvalue weighted by Gasteiger charge is -2.13. The van der Waals surface area contributed by atoms with Gasteiger partial charge in [-0.3, -0.25) is 9.59 Å². The van der Waals surface area contributed by atoms with E-state index in [9.17, 15) is 9.59 Å². The number of ether oxygens (including phenoxy) is 2. The minimum atomic E-state index is -0.346. The van der Waals surface area contributed by atoms with Gasteiger partial charge in [-0.25, -0.2) is 4.98 Å². The third kappa shape index (κ3) is 4.54.